The van der Waals surface area contributed by atoms with Crippen molar-refractivity contribution in [2.75, 3.05) is 45.2 Å². The molecule has 1 heterocycles. The molecule has 0 bridgehead atoms. The molecule has 1 aromatic carbocycles. The van der Waals surface area contributed by atoms with E-state index >= 15 is 0 Å². The molecular weight excluding hydrogens is 284 g/mol. The summed E-state index contributed by atoms with van der Waals surface area (Å²) in [6.07, 6.45) is 6.73. The molecule has 0 aromatic heterocycles. The van der Waals surface area contributed by atoms with Gasteiger partial charge < -0.3 is 15.1 Å². The Morgan fingerprint density at radius 3 is 2.65 bits per heavy atom. The second-order valence-electron chi connectivity index (χ2n) is 7.11. The first-order valence-corrected chi connectivity index (χ1v) is 8.94. The van der Waals surface area contributed by atoms with Gasteiger partial charge in [-0.25, -0.2) is 0 Å². The van der Waals surface area contributed by atoms with Gasteiger partial charge in [0.25, 0.3) is 0 Å². The van der Waals surface area contributed by atoms with Crippen molar-refractivity contribution < 1.29 is 0 Å². The Bertz CT molecular complexity index is 521. The first-order valence-electron chi connectivity index (χ1n) is 8.94. The fourth-order valence-electron chi connectivity index (χ4n) is 3.86. The smallest absolute Gasteiger partial charge is 0.193 e. The summed E-state index contributed by atoms with van der Waals surface area (Å²) >= 11 is 0. The van der Waals surface area contributed by atoms with E-state index in [2.05, 4.69) is 57.5 Å². The second-order valence-corrected chi connectivity index (χ2v) is 7.11. The Hall–Kier alpha value is -1.71. The van der Waals surface area contributed by atoms with Gasteiger partial charge >= 0.3 is 0 Å². The summed E-state index contributed by atoms with van der Waals surface area (Å²) in [6.45, 7) is 4.41. The van der Waals surface area contributed by atoms with Crippen LogP contribution in [-0.4, -0.2) is 51.1 Å². The first-order chi connectivity index (χ1) is 11.2. The van der Waals surface area contributed by atoms with Crippen LogP contribution in [0.1, 0.15) is 32.1 Å². The highest BCUT2D eigenvalue weighted by Crippen LogP contribution is 2.47. The summed E-state index contributed by atoms with van der Waals surface area (Å²) in [6, 6.07) is 10.6. The van der Waals surface area contributed by atoms with E-state index in [1.54, 1.807) is 0 Å². The average Bonchev–Trinajstić information content (AvgIpc) is 3.01. The number of rotatable bonds is 5. The number of likely N-dealkylation sites (tertiary alicyclic amines) is 1. The number of para-hydroxylation sites is 1. The Labute approximate surface area is 140 Å². The molecule has 1 aliphatic heterocycles. The SMILES string of the molecule is CN=C(NCCCN(C)c1ccccc1)N1CCC2(CCC2)C1. The van der Waals surface area contributed by atoms with Gasteiger partial charge in [-0.1, -0.05) is 24.6 Å². The van der Waals surface area contributed by atoms with Gasteiger partial charge in [0.1, 0.15) is 0 Å². The number of benzene rings is 1. The maximum absolute atomic E-state index is 4.49. The number of hydrogen-bond donors (Lipinski definition) is 1. The number of hydrogen-bond acceptors (Lipinski definition) is 2. The summed E-state index contributed by atoms with van der Waals surface area (Å²) in [7, 11) is 4.06. The van der Waals surface area contributed by atoms with Crippen molar-refractivity contribution in [3.05, 3.63) is 30.3 Å². The van der Waals surface area contributed by atoms with E-state index in [1.807, 2.05) is 7.05 Å². The summed E-state index contributed by atoms with van der Waals surface area (Å²) in [5.41, 5.74) is 1.91. The lowest BCUT2D eigenvalue weighted by Crippen LogP contribution is -2.43. The van der Waals surface area contributed by atoms with E-state index in [4.69, 9.17) is 0 Å². The largest absolute Gasteiger partial charge is 0.375 e. The predicted molar refractivity (Wildman–Crippen MR) is 98.2 cm³/mol. The Kier molecular flexibility index (Phi) is 5.09. The van der Waals surface area contributed by atoms with Crippen LogP contribution in [0.4, 0.5) is 5.69 Å². The zero-order valence-electron chi connectivity index (χ0n) is 14.6. The zero-order chi connectivity index (χ0) is 16.1. The molecule has 1 aliphatic carbocycles. The molecule has 2 aliphatic rings. The number of guanidine groups is 1. The summed E-state index contributed by atoms with van der Waals surface area (Å²) in [4.78, 5) is 9.25. The van der Waals surface area contributed by atoms with Gasteiger partial charge in [0.2, 0.25) is 0 Å². The van der Waals surface area contributed by atoms with Crippen molar-refractivity contribution >= 4 is 11.6 Å². The van der Waals surface area contributed by atoms with Gasteiger partial charge in [-0.2, -0.15) is 0 Å². The minimum absolute atomic E-state index is 0.630. The molecule has 4 nitrogen and oxygen atoms in total. The third-order valence-corrected chi connectivity index (χ3v) is 5.51. The van der Waals surface area contributed by atoms with Gasteiger partial charge in [-0.3, -0.25) is 4.99 Å². The van der Waals surface area contributed by atoms with Crippen LogP contribution in [0.2, 0.25) is 0 Å². The van der Waals surface area contributed by atoms with Crippen molar-refractivity contribution in [2.24, 2.45) is 10.4 Å². The Morgan fingerprint density at radius 1 is 1.26 bits per heavy atom. The van der Waals surface area contributed by atoms with Crippen LogP contribution in [0.25, 0.3) is 0 Å². The number of nitrogens with zero attached hydrogens (tertiary/aromatic N) is 3. The van der Waals surface area contributed by atoms with E-state index in [1.165, 1.54) is 44.5 Å². The third-order valence-electron chi connectivity index (χ3n) is 5.51. The molecule has 1 aromatic rings. The van der Waals surface area contributed by atoms with Gasteiger partial charge in [0, 0.05) is 46.0 Å². The monoisotopic (exact) mass is 314 g/mol. The third kappa shape index (κ3) is 3.80. The molecule has 4 heteroatoms. The number of aliphatic imine (C=N–C) groups is 1. The fraction of sp³-hybridized carbons (Fsp3) is 0.632. The molecule has 0 amide bonds. The number of anilines is 1. The van der Waals surface area contributed by atoms with E-state index < -0.39 is 0 Å². The van der Waals surface area contributed by atoms with Crippen LogP contribution in [0, 0.1) is 5.41 Å². The van der Waals surface area contributed by atoms with Crippen LogP contribution in [-0.2, 0) is 0 Å². The molecule has 1 saturated carbocycles. The van der Waals surface area contributed by atoms with Gasteiger partial charge in [0.15, 0.2) is 5.96 Å². The van der Waals surface area contributed by atoms with E-state index in [9.17, 15) is 0 Å². The van der Waals surface area contributed by atoms with Crippen LogP contribution in [0.5, 0.6) is 0 Å². The normalized spacial score (nSPS) is 19.7. The van der Waals surface area contributed by atoms with Crippen LogP contribution in [0.3, 0.4) is 0 Å². The first kappa shape index (κ1) is 16.2. The fourth-order valence-corrected chi connectivity index (χ4v) is 3.86. The molecule has 1 spiro atoms. The Morgan fingerprint density at radius 2 is 2.04 bits per heavy atom. The van der Waals surface area contributed by atoms with Crippen LogP contribution < -0.4 is 10.2 Å². The van der Waals surface area contributed by atoms with Crippen molar-refractivity contribution in [2.45, 2.75) is 32.1 Å². The lowest BCUT2D eigenvalue weighted by atomic mass is 9.68. The molecule has 2 fully saturated rings. The highest BCUT2D eigenvalue weighted by Gasteiger charge is 2.43. The van der Waals surface area contributed by atoms with Crippen molar-refractivity contribution in [3.8, 4) is 0 Å². The van der Waals surface area contributed by atoms with Crippen molar-refractivity contribution in [1.29, 1.82) is 0 Å². The highest BCUT2D eigenvalue weighted by atomic mass is 15.3. The van der Waals surface area contributed by atoms with Gasteiger partial charge in [0.05, 0.1) is 0 Å². The molecule has 1 saturated heterocycles. The molecule has 0 atom stereocenters. The van der Waals surface area contributed by atoms with E-state index in [0.29, 0.717) is 5.41 Å². The molecule has 23 heavy (non-hydrogen) atoms. The molecule has 1 N–H and O–H groups in total. The minimum atomic E-state index is 0.630. The lowest BCUT2D eigenvalue weighted by molar-refractivity contribution is 0.151. The maximum atomic E-state index is 4.49. The predicted octanol–water partition coefficient (Wildman–Crippen LogP) is 2.96. The Balaban J connectivity index is 1.39. The summed E-state index contributed by atoms with van der Waals surface area (Å²) in [5.74, 6) is 1.09. The van der Waals surface area contributed by atoms with Crippen LogP contribution in [0.15, 0.2) is 35.3 Å². The minimum Gasteiger partial charge on any atom is -0.375 e. The lowest BCUT2D eigenvalue weighted by Gasteiger charge is -2.38. The number of nitrogens with one attached hydrogen (secondary N) is 1. The molecular formula is C19H30N4. The topological polar surface area (TPSA) is 30.9 Å². The van der Waals surface area contributed by atoms with Crippen molar-refractivity contribution in [1.82, 2.24) is 10.2 Å². The van der Waals surface area contributed by atoms with Crippen molar-refractivity contribution in [3.63, 3.8) is 0 Å². The average molecular weight is 314 g/mol. The maximum Gasteiger partial charge on any atom is 0.193 e. The van der Waals surface area contributed by atoms with Crippen LogP contribution >= 0.6 is 0 Å². The van der Waals surface area contributed by atoms with E-state index in [0.717, 1.165) is 25.5 Å². The molecule has 126 valence electrons. The molecule has 3 rings (SSSR count). The summed E-state index contributed by atoms with van der Waals surface area (Å²) in [5, 5.41) is 3.55. The summed E-state index contributed by atoms with van der Waals surface area (Å²) < 4.78 is 0. The molecule has 0 radical (unpaired) electrons. The molecule has 0 unspecified atom stereocenters. The van der Waals surface area contributed by atoms with Gasteiger partial charge in [-0.15, -0.1) is 0 Å². The second kappa shape index (κ2) is 7.24. The van der Waals surface area contributed by atoms with E-state index in [-0.39, 0.29) is 0 Å². The zero-order valence-corrected chi connectivity index (χ0v) is 14.6. The van der Waals surface area contributed by atoms with Gasteiger partial charge in [-0.05, 0) is 43.2 Å². The quantitative estimate of drug-likeness (QED) is 0.515. The standard InChI is InChI=1S/C19H30N4/c1-20-18(23-15-12-19(16-23)10-6-11-19)21-13-7-14-22(2)17-8-4-3-5-9-17/h3-5,8-9H,6-7,10-16H2,1-2H3,(H,20,21). The highest BCUT2D eigenvalue weighted by molar-refractivity contribution is 5.80.